The summed E-state index contributed by atoms with van der Waals surface area (Å²) < 4.78 is 38.2. The Hall–Kier alpha value is -2.25. The van der Waals surface area contributed by atoms with E-state index in [1.807, 2.05) is 0 Å². The number of benzene rings is 2. The maximum Gasteiger partial charge on any atom is 0.247 e. The summed E-state index contributed by atoms with van der Waals surface area (Å²) in [6.07, 6.45) is 1.01. The van der Waals surface area contributed by atoms with Crippen molar-refractivity contribution >= 4 is 15.7 Å². The molecule has 1 fully saturated rings. The van der Waals surface area contributed by atoms with E-state index in [0.29, 0.717) is 37.7 Å². The van der Waals surface area contributed by atoms with Crippen LogP contribution in [0.15, 0.2) is 47.4 Å². The number of nitrogens with zero attached hydrogens (tertiary/aromatic N) is 2. The molecule has 1 heterocycles. The van der Waals surface area contributed by atoms with Gasteiger partial charge in [0.05, 0.1) is 14.2 Å². The molecule has 1 aliphatic heterocycles. The standard InChI is InChI=1S/C20H26N2O4S/c1-4-16-5-7-17(8-6-16)21-11-13-22(14-12-21)27(23,24)20-15-18(25-2)9-10-19(20)26-3/h5-10,15H,4,11-14H2,1-3H3. The quantitative estimate of drug-likeness (QED) is 0.759. The normalized spacial score (nSPS) is 15.6. The third kappa shape index (κ3) is 4.04. The molecule has 146 valence electrons. The molecule has 0 unspecified atom stereocenters. The summed E-state index contributed by atoms with van der Waals surface area (Å²) in [7, 11) is -0.666. The lowest BCUT2D eigenvalue weighted by Crippen LogP contribution is -2.48. The Balaban J connectivity index is 1.76. The van der Waals surface area contributed by atoms with Crippen LogP contribution in [0.5, 0.6) is 11.5 Å². The largest absolute Gasteiger partial charge is 0.497 e. The highest BCUT2D eigenvalue weighted by atomic mass is 32.2. The molecule has 1 saturated heterocycles. The number of piperazine rings is 1. The molecule has 0 aliphatic carbocycles. The van der Waals surface area contributed by atoms with Gasteiger partial charge in [0.1, 0.15) is 16.4 Å². The number of hydrogen-bond acceptors (Lipinski definition) is 5. The van der Waals surface area contributed by atoms with Crippen molar-refractivity contribution < 1.29 is 17.9 Å². The average molecular weight is 391 g/mol. The Morgan fingerprint density at radius 1 is 0.926 bits per heavy atom. The predicted octanol–water partition coefficient (Wildman–Crippen LogP) is 2.78. The Bertz CT molecular complexity index is 873. The van der Waals surface area contributed by atoms with Crippen molar-refractivity contribution in [2.75, 3.05) is 45.3 Å². The van der Waals surface area contributed by atoms with Crippen LogP contribution in [0.4, 0.5) is 5.69 Å². The van der Waals surface area contributed by atoms with E-state index in [-0.39, 0.29) is 4.90 Å². The fourth-order valence-corrected chi connectivity index (χ4v) is 4.85. The van der Waals surface area contributed by atoms with Crippen molar-refractivity contribution in [3.8, 4) is 11.5 Å². The first-order valence-corrected chi connectivity index (χ1v) is 10.5. The van der Waals surface area contributed by atoms with Gasteiger partial charge in [0.15, 0.2) is 0 Å². The van der Waals surface area contributed by atoms with Crippen LogP contribution in [0.25, 0.3) is 0 Å². The molecule has 0 saturated carbocycles. The van der Waals surface area contributed by atoms with E-state index in [1.165, 1.54) is 30.2 Å². The van der Waals surface area contributed by atoms with E-state index in [1.54, 1.807) is 12.1 Å². The lowest BCUT2D eigenvalue weighted by atomic mass is 10.1. The predicted molar refractivity (Wildman–Crippen MR) is 106 cm³/mol. The Labute approximate surface area is 161 Å². The van der Waals surface area contributed by atoms with Crippen LogP contribution in [0.1, 0.15) is 12.5 Å². The van der Waals surface area contributed by atoms with E-state index in [9.17, 15) is 8.42 Å². The molecule has 2 aromatic carbocycles. The van der Waals surface area contributed by atoms with Gasteiger partial charge >= 0.3 is 0 Å². The molecular formula is C20H26N2O4S. The third-order valence-electron chi connectivity index (χ3n) is 4.94. The zero-order chi connectivity index (χ0) is 19.4. The first-order chi connectivity index (χ1) is 13.0. The minimum absolute atomic E-state index is 0.144. The maximum atomic E-state index is 13.1. The number of ether oxygens (including phenoxy) is 2. The van der Waals surface area contributed by atoms with Gasteiger partial charge in [-0.25, -0.2) is 8.42 Å². The van der Waals surface area contributed by atoms with Crippen LogP contribution < -0.4 is 14.4 Å². The molecule has 1 aliphatic rings. The average Bonchev–Trinajstić information content (AvgIpc) is 2.73. The second-order valence-corrected chi connectivity index (χ2v) is 8.33. The molecule has 7 heteroatoms. The van der Waals surface area contributed by atoms with Crippen LogP contribution in [0.2, 0.25) is 0 Å². The van der Waals surface area contributed by atoms with Crippen molar-refractivity contribution in [3.05, 3.63) is 48.0 Å². The van der Waals surface area contributed by atoms with Crippen molar-refractivity contribution in [3.63, 3.8) is 0 Å². The molecule has 0 bridgehead atoms. The van der Waals surface area contributed by atoms with Gasteiger partial charge in [-0.1, -0.05) is 19.1 Å². The highest BCUT2D eigenvalue weighted by Crippen LogP contribution is 2.31. The summed E-state index contributed by atoms with van der Waals surface area (Å²) in [6, 6.07) is 13.3. The van der Waals surface area contributed by atoms with Gasteiger partial charge in [-0.3, -0.25) is 0 Å². The Morgan fingerprint density at radius 3 is 2.15 bits per heavy atom. The fraction of sp³-hybridized carbons (Fsp3) is 0.400. The van der Waals surface area contributed by atoms with Crippen LogP contribution >= 0.6 is 0 Å². The molecule has 0 spiro atoms. The molecule has 0 aromatic heterocycles. The molecular weight excluding hydrogens is 364 g/mol. The minimum atomic E-state index is -3.65. The SMILES string of the molecule is CCc1ccc(N2CCN(S(=O)(=O)c3cc(OC)ccc3OC)CC2)cc1. The summed E-state index contributed by atoms with van der Waals surface area (Å²) >= 11 is 0. The fourth-order valence-electron chi connectivity index (χ4n) is 3.25. The van der Waals surface area contributed by atoms with Gasteiger partial charge in [-0.15, -0.1) is 0 Å². The topological polar surface area (TPSA) is 59.1 Å². The number of aryl methyl sites for hydroxylation is 1. The van der Waals surface area contributed by atoms with E-state index in [0.717, 1.165) is 12.1 Å². The first-order valence-electron chi connectivity index (χ1n) is 9.05. The highest BCUT2D eigenvalue weighted by Gasteiger charge is 2.31. The lowest BCUT2D eigenvalue weighted by Gasteiger charge is -2.35. The Morgan fingerprint density at radius 2 is 1.59 bits per heavy atom. The maximum absolute atomic E-state index is 13.1. The van der Waals surface area contributed by atoms with Crippen LogP contribution in [0.3, 0.4) is 0 Å². The summed E-state index contributed by atoms with van der Waals surface area (Å²) in [4.78, 5) is 2.36. The van der Waals surface area contributed by atoms with Gasteiger partial charge < -0.3 is 14.4 Å². The lowest BCUT2D eigenvalue weighted by molar-refractivity contribution is 0.371. The summed E-state index contributed by atoms with van der Waals surface area (Å²) in [5.41, 5.74) is 2.42. The van der Waals surface area contributed by atoms with Crippen molar-refractivity contribution in [1.29, 1.82) is 0 Å². The minimum Gasteiger partial charge on any atom is -0.497 e. The van der Waals surface area contributed by atoms with E-state index in [2.05, 4.69) is 36.1 Å². The first kappa shape index (κ1) is 19.5. The molecule has 0 radical (unpaired) electrons. The number of sulfonamides is 1. The highest BCUT2D eigenvalue weighted by molar-refractivity contribution is 7.89. The Kier molecular flexibility index (Phi) is 5.92. The van der Waals surface area contributed by atoms with E-state index >= 15 is 0 Å². The zero-order valence-electron chi connectivity index (χ0n) is 16.0. The monoisotopic (exact) mass is 390 g/mol. The summed E-state index contributed by atoms with van der Waals surface area (Å²) in [6.45, 7) is 4.29. The molecule has 2 aromatic rings. The van der Waals surface area contributed by atoms with Crippen LogP contribution in [-0.2, 0) is 16.4 Å². The van der Waals surface area contributed by atoms with Crippen LogP contribution in [0, 0.1) is 0 Å². The van der Waals surface area contributed by atoms with Gasteiger partial charge in [0, 0.05) is 37.9 Å². The number of anilines is 1. The van der Waals surface area contributed by atoms with Crippen molar-refractivity contribution in [1.82, 2.24) is 4.31 Å². The third-order valence-corrected chi connectivity index (χ3v) is 6.86. The van der Waals surface area contributed by atoms with E-state index < -0.39 is 10.0 Å². The second kappa shape index (κ2) is 8.19. The van der Waals surface area contributed by atoms with Gasteiger partial charge in [0.2, 0.25) is 10.0 Å². The number of rotatable bonds is 6. The molecule has 0 atom stereocenters. The summed E-state index contributed by atoms with van der Waals surface area (Å²) in [5.74, 6) is 0.817. The molecule has 0 amide bonds. The van der Waals surface area contributed by atoms with E-state index in [4.69, 9.17) is 9.47 Å². The molecule has 0 N–H and O–H groups in total. The zero-order valence-corrected chi connectivity index (χ0v) is 16.8. The van der Waals surface area contributed by atoms with Crippen molar-refractivity contribution in [2.45, 2.75) is 18.2 Å². The van der Waals surface area contributed by atoms with Gasteiger partial charge in [-0.05, 0) is 36.2 Å². The van der Waals surface area contributed by atoms with Gasteiger partial charge in [-0.2, -0.15) is 4.31 Å². The second-order valence-electron chi connectivity index (χ2n) is 6.43. The van der Waals surface area contributed by atoms with Crippen LogP contribution in [-0.4, -0.2) is 53.1 Å². The molecule has 27 heavy (non-hydrogen) atoms. The van der Waals surface area contributed by atoms with Crippen molar-refractivity contribution in [2.24, 2.45) is 0 Å². The number of hydrogen-bond donors (Lipinski definition) is 0. The van der Waals surface area contributed by atoms with Gasteiger partial charge in [0.25, 0.3) is 0 Å². The molecule has 6 nitrogen and oxygen atoms in total. The summed E-state index contributed by atoms with van der Waals surface area (Å²) in [5, 5.41) is 0. The molecule has 3 rings (SSSR count). The number of methoxy groups -OCH3 is 2. The smallest absolute Gasteiger partial charge is 0.247 e.